The second-order valence-corrected chi connectivity index (χ2v) is 9.46. The first kappa shape index (κ1) is 23.0. The van der Waals surface area contributed by atoms with Gasteiger partial charge in [0.15, 0.2) is 0 Å². The van der Waals surface area contributed by atoms with Gasteiger partial charge in [-0.2, -0.15) is 4.31 Å². The van der Waals surface area contributed by atoms with Crippen LogP contribution in [0.2, 0.25) is 0 Å². The van der Waals surface area contributed by atoms with Crippen LogP contribution in [0.4, 0.5) is 5.82 Å². The summed E-state index contributed by atoms with van der Waals surface area (Å²) < 4.78 is 32.4. The van der Waals surface area contributed by atoms with Crippen LogP contribution in [0, 0.1) is 0 Å². The summed E-state index contributed by atoms with van der Waals surface area (Å²) in [6.45, 7) is 4.81. The number of rotatable bonds is 10. The van der Waals surface area contributed by atoms with Crippen LogP contribution in [0.15, 0.2) is 48.7 Å². The van der Waals surface area contributed by atoms with E-state index < -0.39 is 10.0 Å². The van der Waals surface area contributed by atoms with Crippen LogP contribution in [-0.2, 0) is 10.0 Å². The van der Waals surface area contributed by atoms with Crippen molar-refractivity contribution in [2.75, 3.05) is 50.0 Å². The molecule has 1 aliphatic rings. The molecule has 31 heavy (non-hydrogen) atoms. The van der Waals surface area contributed by atoms with E-state index in [1.54, 1.807) is 30.5 Å². The molecule has 1 aromatic heterocycles. The van der Waals surface area contributed by atoms with Crippen LogP contribution >= 0.6 is 0 Å². The lowest BCUT2D eigenvalue weighted by molar-refractivity contribution is 0.0956. The largest absolute Gasteiger partial charge is 0.494 e. The highest BCUT2D eigenvalue weighted by Gasteiger charge is 2.27. The second kappa shape index (κ2) is 11.1. The number of nitrogens with zero attached hydrogens (tertiary/aromatic N) is 3. The highest BCUT2D eigenvalue weighted by molar-refractivity contribution is 7.89. The third-order valence-corrected chi connectivity index (χ3v) is 7.01. The second-order valence-electron chi connectivity index (χ2n) is 7.37. The Bertz CT molecular complexity index is 928. The van der Waals surface area contributed by atoms with Gasteiger partial charge in [-0.3, -0.25) is 4.79 Å². The van der Waals surface area contributed by atoms with Gasteiger partial charge in [-0.25, -0.2) is 13.4 Å². The molecule has 0 bridgehead atoms. The van der Waals surface area contributed by atoms with E-state index in [9.17, 15) is 13.2 Å². The minimum atomic E-state index is -3.43. The fourth-order valence-electron chi connectivity index (χ4n) is 3.30. The number of hydrogen-bond acceptors (Lipinski definition) is 6. The molecular formula is C22H30N4O4S. The van der Waals surface area contributed by atoms with Crippen LogP contribution in [0.3, 0.4) is 0 Å². The standard InChI is InChI=1S/C22H30N4O4S/c1-2-3-17-30-20-9-7-19(8-10-20)22(27)24-12-18-31(28,29)26-15-13-25(14-16-26)21-6-4-5-11-23-21/h4-11H,2-3,12-18H2,1H3,(H,24,27). The smallest absolute Gasteiger partial charge is 0.251 e. The molecule has 168 valence electrons. The molecule has 0 atom stereocenters. The monoisotopic (exact) mass is 446 g/mol. The maximum absolute atomic E-state index is 12.6. The molecule has 1 saturated heterocycles. The molecule has 0 saturated carbocycles. The third kappa shape index (κ3) is 6.67. The van der Waals surface area contributed by atoms with E-state index in [0.717, 1.165) is 24.4 Å². The van der Waals surface area contributed by atoms with Crippen LogP contribution in [-0.4, -0.2) is 68.7 Å². The van der Waals surface area contributed by atoms with E-state index in [0.29, 0.717) is 38.3 Å². The van der Waals surface area contributed by atoms with Gasteiger partial charge in [0, 0.05) is 44.5 Å². The first-order valence-electron chi connectivity index (χ1n) is 10.6. The van der Waals surface area contributed by atoms with E-state index in [1.165, 1.54) is 4.31 Å². The lowest BCUT2D eigenvalue weighted by Crippen LogP contribution is -2.50. The van der Waals surface area contributed by atoms with Gasteiger partial charge < -0.3 is 15.0 Å². The van der Waals surface area contributed by atoms with Crippen LogP contribution in [0.5, 0.6) is 5.75 Å². The number of sulfonamides is 1. The number of anilines is 1. The van der Waals surface area contributed by atoms with E-state index in [2.05, 4.69) is 22.1 Å². The number of unbranched alkanes of at least 4 members (excludes halogenated alkanes) is 1. The van der Waals surface area contributed by atoms with Gasteiger partial charge in [0.25, 0.3) is 5.91 Å². The molecule has 0 spiro atoms. The molecule has 1 amide bonds. The molecule has 2 heterocycles. The molecule has 1 N–H and O–H groups in total. The number of nitrogens with one attached hydrogen (secondary N) is 1. The highest BCUT2D eigenvalue weighted by Crippen LogP contribution is 2.15. The lowest BCUT2D eigenvalue weighted by atomic mass is 10.2. The van der Waals surface area contributed by atoms with Gasteiger partial charge in [-0.1, -0.05) is 19.4 Å². The van der Waals surface area contributed by atoms with Gasteiger partial charge in [-0.15, -0.1) is 0 Å². The van der Waals surface area contributed by atoms with Crippen molar-refractivity contribution >= 4 is 21.7 Å². The molecule has 1 fully saturated rings. The summed E-state index contributed by atoms with van der Waals surface area (Å²) in [4.78, 5) is 18.7. The number of piperazine rings is 1. The third-order valence-electron chi connectivity index (χ3n) is 5.13. The highest BCUT2D eigenvalue weighted by atomic mass is 32.2. The Morgan fingerprint density at radius 1 is 1.10 bits per heavy atom. The molecular weight excluding hydrogens is 416 g/mol. The number of pyridine rings is 1. The average Bonchev–Trinajstić information content (AvgIpc) is 2.80. The van der Waals surface area contributed by atoms with Crippen LogP contribution in [0.25, 0.3) is 0 Å². The molecule has 0 aliphatic carbocycles. The molecule has 1 aromatic carbocycles. The molecule has 3 rings (SSSR count). The number of aromatic nitrogens is 1. The van der Waals surface area contributed by atoms with E-state index in [-0.39, 0.29) is 18.2 Å². The average molecular weight is 447 g/mol. The summed E-state index contributed by atoms with van der Waals surface area (Å²) >= 11 is 0. The Labute approximate surface area is 184 Å². The summed E-state index contributed by atoms with van der Waals surface area (Å²) in [7, 11) is -3.43. The maximum atomic E-state index is 12.6. The Kier molecular flexibility index (Phi) is 8.25. The first-order chi connectivity index (χ1) is 15.0. The molecule has 2 aromatic rings. The fourth-order valence-corrected chi connectivity index (χ4v) is 4.64. The van der Waals surface area contributed by atoms with Crippen molar-refractivity contribution in [1.82, 2.24) is 14.6 Å². The minimum absolute atomic E-state index is 0.0658. The summed E-state index contributed by atoms with van der Waals surface area (Å²) in [5, 5.41) is 2.69. The topological polar surface area (TPSA) is 91.8 Å². The predicted molar refractivity (Wildman–Crippen MR) is 121 cm³/mol. The molecule has 1 aliphatic heterocycles. The zero-order valence-corrected chi connectivity index (χ0v) is 18.7. The van der Waals surface area contributed by atoms with Crippen molar-refractivity contribution in [3.8, 4) is 5.75 Å². The van der Waals surface area contributed by atoms with Crippen LogP contribution < -0.4 is 15.0 Å². The van der Waals surface area contributed by atoms with Gasteiger partial charge in [0.2, 0.25) is 10.0 Å². The number of carbonyl (C=O) groups is 1. The number of carbonyl (C=O) groups excluding carboxylic acids is 1. The van der Waals surface area contributed by atoms with Crippen molar-refractivity contribution in [3.63, 3.8) is 0 Å². The zero-order chi connectivity index (χ0) is 22.1. The minimum Gasteiger partial charge on any atom is -0.494 e. The van der Waals surface area contributed by atoms with Crippen molar-refractivity contribution in [2.24, 2.45) is 0 Å². The molecule has 9 heteroatoms. The molecule has 8 nitrogen and oxygen atoms in total. The zero-order valence-electron chi connectivity index (χ0n) is 17.9. The lowest BCUT2D eigenvalue weighted by Gasteiger charge is -2.34. The van der Waals surface area contributed by atoms with Crippen LogP contribution in [0.1, 0.15) is 30.1 Å². The van der Waals surface area contributed by atoms with Crippen molar-refractivity contribution in [3.05, 3.63) is 54.2 Å². The van der Waals surface area contributed by atoms with Gasteiger partial charge in [0.1, 0.15) is 11.6 Å². The quantitative estimate of drug-likeness (QED) is 0.562. The summed E-state index contributed by atoms with van der Waals surface area (Å²) in [5.41, 5.74) is 0.476. The first-order valence-corrected chi connectivity index (χ1v) is 12.3. The predicted octanol–water partition coefficient (Wildman–Crippen LogP) is 2.14. The summed E-state index contributed by atoms with van der Waals surface area (Å²) in [6.07, 6.45) is 3.77. The Morgan fingerprint density at radius 3 is 2.48 bits per heavy atom. The molecule has 0 radical (unpaired) electrons. The number of hydrogen-bond donors (Lipinski definition) is 1. The Balaban J connectivity index is 1.42. The van der Waals surface area contributed by atoms with Crippen molar-refractivity contribution in [1.29, 1.82) is 0 Å². The fraction of sp³-hybridized carbons (Fsp3) is 0.455. The summed E-state index contributed by atoms with van der Waals surface area (Å²) in [6, 6.07) is 12.6. The van der Waals surface area contributed by atoms with E-state index >= 15 is 0 Å². The van der Waals surface area contributed by atoms with Gasteiger partial charge in [0.05, 0.1) is 12.4 Å². The van der Waals surface area contributed by atoms with Crippen molar-refractivity contribution in [2.45, 2.75) is 19.8 Å². The number of benzene rings is 1. The SMILES string of the molecule is CCCCOc1ccc(C(=O)NCCS(=O)(=O)N2CCN(c3ccccn3)CC2)cc1. The van der Waals surface area contributed by atoms with Gasteiger partial charge >= 0.3 is 0 Å². The van der Waals surface area contributed by atoms with E-state index in [4.69, 9.17) is 4.74 Å². The Hall–Kier alpha value is -2.65. The number of amides is 1. The van der Waals surface area contributed by atoms with Crippen molar-refractivity contribution < 1.29 is 17.9 Å². The maximum Gasteiger partial charge on any atom is 0.251 e. The summed E-state index contributed by atoms with van der Waals surface area (Å²) in [5.74, 6) is 1.15. The van der Waals surface area contributed by atoms with E-state index in [1.807, 2.05) is 18.2 Å². The molecule has 0 unspecified atom stereocenters. The van der Waals surface area contributed by atoms with Gasteiger partial charge in [-0.05, 0) is 42.8 Å². The normalized spacial score (nSPS) is 14.9. The number of ether oxygens (including phenoxy) is 1. The Morgan fingerprint density at radius 2 is 1.84 bits per heavy atom.